The van der Waals surface area contributed by atoms with E-state index in [4.69, 9.17) is 21.6 Å². The van der Waals surface area contributed by atoms with Crippen LogP contribution >= 0.6 is 11.6 Å². The lowest BCUT2D eigenvalue weighted by Gasteiger charge is -2.19. The number of benzene rings is 1. The van der Waals surface area contributed by atoms with Gasteiger partial charge in [-0.1, -0.05) is 17.7 Å². The number of rotatable bonds is 6. The van der Waals surface area contributed by atoms with Crippen molar-refractivity contribution in [3.8, 4) is 6.07 Å². The minimum Gasteiger partial charge on any atom is -0.449 e. The minimum atomic E-state index is -4.61. The molecule has 0 saturated heterocycles. The van der Waals surface area contributed by atoms with Crippen LogP contribution in [0.4, 0.5) is 13.2 Å². The number of alkyl halides is 3. The van der Waals surface area contributed by atoms with Gasteiger partial charge in [-0.3, -0.25) is 4.79 Å². The minimum absolute atomic E-state index is 0.101. The van der Waals surface area contributed by atoms with Gasteiger partial charge in [0.25, 0.3) is 5.91 Å². The molecule has 1 amide bonds. The summed E-state index contributed by atoms with van der Waals surface area (Å²) in [6.45, 7) is 1.55. The van der Waals surface area contributed by atoms with Crippen LogP contribution in [0.3, 0.4) is 0 Å². The first-order chi connectivity index (χ1) is 12.1. The standard InChI is InChI=1S/C17H16ClF3N2O3/c1-11(16(25)23(2)9-3-8-22)26-15(24)7-5-12-4-6-14(18)13(10-12)17(19,20)21/h4-7,10-11H,3,9H2,1-2H3/b7-5+/t11-/m1/s1. The van der Waals surface area contributed by atoms with Crippen LogP contribution in [0.25, 0.3) is 6.08 Å². The Morgan fingerprint density at radius 1 is 1.42 bits per heavy atom. The van der Waals surface area contributed by atoms with Crippen LogP contribution in [0.5, 0.6) is 0 Å². The Balaban J connectivity index is 2.73. The number of hydrogen-bond donors (Lipinski definition) is 0. The normalized spacial score (nSPS) is 12.5. The van der Waals surface area contributed by atoms with Gasteiger partial charge < -0.3 is 9.64 Å². The molecule has 0 bridgehead atoms. The number of amides is 1. The third-order valence-corrected chi connectivity index (χ3v) is 3.61. The second-order valence-electron chi connectivity index (χ2n) is 5.32. The first-order valence-corrected chi connectivity index (χ1v) is 7.81. The molecule has 0 aliphatic heterocycles. The van der Waals surface area contributed by atoms with Crippen LogP contribution in [-0.4, -0.2) is 36.5 Å². The number of nitrogens with zero attached hydrogens (tertiary/aromatic N) is 2. The molecule has 9 heteroatoms. The van der Waals surface area contributed by atoms with Crippen LogP contribution in [0.15, 0.2) is 24.3 Å². The molecule has 0 spiro atoms. The lowest BCUT2D eigenvalue weighted by atomic mass is 10.1. The summed E-state index contributed by atoms with van der Waals surface area (Å²) in [6.07, 6.45) is -3.52. The maximum Gasteiger partial charge on any atom is 0.417 e. The average molecular weight is 389 g/mol. The number of nitriles is 1. The van der Waals surface area contributed by atoms with Gasteiger partial charge in [-0.15, -0.1) is 0 Å². The van der Waals surface area contributed by atoms with E-state index in [1.807, 2.05) is 6.07 Å². The summed E-state index contributed by atoms with van der Waals surface area (Å²) in [5.74, 6) is -1.38. The van der Waals surface area contributed by atoms with E-state index >= 15 is 0 Å². The maximum atomic E-state index is 12.8. The molecule has 140 valence electrons. The van der Waals surface area contributed by atoms with Crippen LogP contribution in [-0.2, 0) is 20.5 Å². The second-order valence-corrected chi connectivity index (χ2v) is 5.72. The first kappa shape index (κ1) is 21.5. The number of carbonyl (C=O) groups is 2. The Bertz CT molecular complexity index is 742. The number of ether oxygens (including phenoxy) is 1. The largest absolute Gasteiger partial charge is 0.449 e. The van der Waals surface area contributed by atoms with Crippen LogP contribution in [0.1, 0.15) is 24.5 Å². The summed E-state index contributed by atoms with van der Waals surface area (Å²) >= 11 is 5.52. The molecule has 0 aliphatic rings. The smallest absolute Gasteiger partial charge is 0.417 e. The Kier molecular flexibility index (Phi) is 7.65. The number of halogens is 4. The highest BCUT2D eigenvalue weighted by molar-refractivity contribution is 6.31. The molecule has 0 radical (unpaired) electrons. The summed E-state index contributed by atoms with van der Waals surface area (Å²) in [5, 5.41) is 8.04. The Labute approximate surface area is 153 Å². The van der Waals surface area contributed by atoms with E-state index in [1.54, 1.807) is 0 Å². The fourth-order valence-corrected chi connectivity index (χ4v) is 2.15. The molecular weight excluding hydrogens is 373 g/mol. The van der Waals surface area contributed by atoms with Crippen molar-refractivity contribution in [2.75, 3.05) is 13.6 Å². The van der Waals surface area contributed by atoms with Crippen LogP contribution < -0.4 is 0 Å². The predicted octanol–water partition coefficient (Wildman–Crippen LogP) is 3.68. The molecule has 0 N–H and O–H groups in total. The summed E-state index contributed by atoms with van der Waals surface area (Å²) in [5.41, 5.74) is -0.916. The third-order valence-electron chi connectivity index (χ3n) is 3.28. The zero-order valence-corrected chi connectivity index (χ0v) is 14.8. The van der Waals surface area contributed by atoms with E-state index in [2.05, 4.69) is 0 Å². The van der Waals surface area contributed by atoms with E-state index in [-0.39, 0.29) is 18.5 Å². The SMILES string of the molecule is C[C@@H](OC(=O)/C=C/c1ccc(Cl)c(C(F)(F)F)c1)C(=O)N(C)CCC#N. The molecule has 1 atom stereocenters. The molecule has 0 unspecified atom stereocenters. The molecule has 1 aromatic rings. The number of carbonyl (C=O) groups excluding carboxylic acids is 2. The van der Waals surface area contributed by atoms with Crippen LogP contribution in [0.2, 0.25) is 5.02 Å². The second kappa shape index (κ2) is 9.25. The summed E-state index contributed by atoms with van der Waals surface area (Å²) in [6, 6.07) is 5.08. The number of hydrogen-bond acceptors (Lipinski definition) is 4. The maximum absolute atomic E-state index is 12.8. The van der Waals surface area contributed by atoms with Crippen LogP contribution in [0, 0.1) is 11.3 Å². The predicted molar refractivity (Wildman–Crippen MR) is 88.9 cm³/mol. The van der Waals surface area contributed by atoms with E-state index in [9.17, 15) is 22.8 Å². The average Bonchev–Trinajstić information content (AvgIpc) is 2.57. The van der Waals surface area contributed by atoms with Crippen molar-refractivity contribution < 1.29 is 27.5 Å². The molecule has 1 aromatic carbocycles. The third kappa shape index (κ3) is 6.41. The highest BCUT2D eigenvalue weighted by atomic mass is 35.5. The van der Waals surface area contributed by atoms with Gasteiger partial charge in [-0.2, -0.15) is 18.4 Å². The van der Waals surface area contributed by atoms with E-state index in [1.165, 1.54) is 24.9 Å². The summed E-state index contributed by atoms with van der Waals surface area (Å²) in [4.78, 5) is 24.9. The quantitative estimate of drug-likeness (QED) is 0.550. The number of likely N-dealkylation sites (N-methyl/N-ethyl adjacent to an activating group) is 1. The van der Waals surface area contributed by atoms with E-state index in [0.717, 1.165) is 24.3 Å². The van der Waals surface area contributed by atoms with Gasteiger partial charge >= 0.3 is 12.1 Å². The molecule has 0 heterocycles. The highest BCUT2D eigenvalue weighted by Crippen LogP contribution is 2.35. The molecule has 0 saturated carbocycles. The lowest BCUT2D eigenvalue weighted by Crippen LogP contribution is -2.37. The Hall–Kier alpha value is -2.53. The van der Waals surface area contributed by atoms with Gasteiger partial charge in [0.2, 0.25) is 0 Å². The fourth-order valence-electron chi connectivity index (χ4n) is 1.93. The van der Waals surface area contributed by atoms with Crippen molar-refractivity contribution in [1.29, 1.82) is 5.26 Å². The summed E-state index contributed by atoms with van der Waals surface area (Å²) in [7, 11) is 1.46. The molecule has 1 rings (SSSR count). The van der Waals surface area contributed by atoms with Crippen molar-refractivity contribution in [3.63, 3.8) is 0 Å². The molecular formula is C17H16ClF3N2O3. The van der Waals surface area contributed by atoms with Crippen molar-refractivity contribution in [2.24, 2.45) is 0 Å². The van der Waals surface area contributed by atoms with Gasteiger partial charge in [0.1, 0.15) is 0 Å². The fraction of sp³-hybridized carbons (Fsp3) is 0.353. The van der Waals surface area contributed by atoms with Crippen molar-refractivity contribution in [3.05, 3.63) is 40.4 Å². The van der Waals surface area contributed by atoms with E-state index in [0.29, 0.717) is 0 Å². The Morgan fingerprint density at radius 3 is 2.65 bits per heavy atom. The van der Waals surface area contributed by atoms with Crippen molar-refractivity contribution in [1.82, 2.24) is 4.90 Å². The van der Waals surface area contributed by atoms with Gasteiger partial charge in [0.15, 0.2) is 6.10 Å². The zero-order valence-electron chi connectivity index (χ0n) is 14.0. The van der Waals surface area contributed by atoms with E-state index < -0.39 is 34.7 Å². The van der Waals surface area contributed by atoms with Crippen molar-refractivity contribution in [2.45, 2.75) is 25.6 Å². The van der Waals surface area contributed by atoms with Gasteiger partial charge in [0.05, 0.1) is 23.1 Å². The summed E-state index contributed by atoms with van der Waals surface area (Å²) < 4.78 is 43.3. The lowest BCUT2D eigenvalue weighted by molar-refractivity contribution is -0.154. The molecule has 0 fully saturated rings. The van der Waals surface area contributed by atoms with Crippen molar-refractivity contribution >= 4 is 29.6 Å². The highest BCUT2D eigenvalue weighted by Gasteiger charge is 2.33. The van der Waals surface area contributed by atoms with Gasteiger partial charge in [-0.05, 0) is 30.7 Å². The van der Waals surface area contributed by atoms with Gasteiger partial charge in [-0.25, -0.2) is 4.79 Å². The molecule has 0 aliphatic carbocycles. The number of esters is 1. The molecule has 26 heavy (non-hydrogen) atoms. The molecule has 0 aromatic heterocycles. The monoisotopic (exact) mass is 388 g/mol. The first-order valence-electron chi connectivity index (χ1n) is 7.43. The van der Waals surface area contributed by atoms with Gasteiger partial charge in [0, 0.05) is 19.7 Å². The molecule has 5 nitrogen and oxygen atoms in total. The topological polar surface area (TPSA) is 70.4 Å². The zero-order chi connectivity index (χ0) is 19.9. The Morgan fingerprint density at radius 2 is 2.08 bits per heavy atom.